The first kappa shape index (κ1) is 15.8. The summed E-state index contributed by atoms with van der Waals surface area (Å²) in [4.78, 5) is 25.4. The lowest BCUT2D eigenvalue weighted by Crippen LogP contribution is -2.22. The van der Waals surface area contributed by atoms with Gasteiger partial charge in [-0.15, -0.1) is 0 Å². The van der Waals surface area contributed by atoms with Gasteiger partial charge in [-0.2, -0.15) is 4.98 Å². The molecule has 3 aromatic heterocycles. The number of imidazole rings is 1. The quantitative estimate of drug-likeness (QED) is 0.521. The van der Waals surface area contributed by atoms with Gasteiger partial charge in [0.15, 0.2) is 17.0 Å². The summed E-state index contributed by atoms with van der Waals surface area (Å²) in [6, 6.07) is 5.75. The van der Waals surface area contributed by atoms with Crippen LogP contribution in [0.3, 0.4) is 0 Å². The van der Waals surface area contributed by atoms with E-state index in [1.165, 1.54) is 10.9 Å². The summed E-state index contributed by atoms with van der Waals surface area (Å²) < 4.78 is 14.4. The monoisotopic (exact) mass is 396 g/mol. The highest BCUT2D eigenvalue weighted by Gasteiger charge is 2.62. The SMILES string of the molecule is Cn1cnc2ncn(Cc3nc([C@@H]4[C@H]5Oc6c(Cl)cccc6[C@H]54)no3)c(=O)c21. The molecule has 1 saturated carbocycles. The second-order valence-electron chi connectivity index (χ2n) is 7.04. The molecule has 140 valence electrons. The van der Waals surface area contributed by atoms with Gasteiger partial charge in [-0.3, -0.25) is 9.36 Å². The van der Waals surface area contributed by atoms with Crippen LogP contribution in [-0.4, -0.2) is 35.3 Å². The highest BCUT2D eigenvalue weighted by atomic mass is 35.5. The number of hydrogen-bond acceptors (Lipinski definition) is 7. The summed E-state index contributed by atoms with van der Waals surface area (Å²) in [7, 11) is 1.75. The molecule has 0 unspecified atom stereocenters. The molecule has 0 spiro atoms. The molecule has 1 aromatic carbocycles. The van der Waals surface area contributed by atoms with E-state index < -0.39 is 0 Å². The minimum absolute atomic E-state index is 0.0180. The fraction of sp³-hybridized carbons (Fsp3) is 0.278. The van der Waals surface area contributed by atoms with Crippen molar-refractivity contribution < 1.29 is 9.26 Å². The van der Waals surface area contributed by atoms with Crippen LogP contribution in [0, 0.1) is 0 Å². The Labute approximate surface area is 162 Å². The Morgan fingerprint density at radius 1 is 1.21 bits per heavy atom. The molecule has 6 rings (SSSR count). The van der Waals surface area contributed by atoms with E-state index in [9.17, 15) is 4.79 Å². The van der Waals surface area contributed by atoms with Crippen LogP contribution in [0.5, 0.6) is 5.75 Å². The van der Waals surface area contributed by atoms with Gasteiger partial charge in [0.25, 0.3) is 5.56 Å². The molecule has 10 heteroatoms. The van der Waals surface area contributed by atoms with E-state index >= 15 is 0 Å². The van der Waals surface area contributed by atoms with Gasteiger partial charge in [-0.05, 0) is 6.07 Å². The van der Waals surface area contributed by atoms with Gasteiger partial charge in [0.1, 0.15) is 24.7 Å². The summed E-state index contributed by atoms with van der Waals surface area (Å²) in [6.45, 7) is 0.144. The first-order chi connectivity index (χ1) is 13.6. The molecule has 28 heavy (non-hydrogen) atoms. The third kappa shape index (κ3) is 2.10. The molecule has 1 aliphatic carbocycles. The first-order valence-electron chi connectivity index (χ1n) is 8.76. The fourth-order valence-electron chi connectivity index (χ4n) is 3.95. The first-order valence-corrected chi connectivity index (χ1v) is 9.13. The maximum absolute atomic E-state index is 12.6. The molecule has 1 aliphatic heterocycles. The molecule has 0 N–H and O–H groups in total. The zero-order valence-corrected chi connectivity index (χ0v) is 15.4. The van der Waals surface area contributed by atoms with Crippen molar-refractivity contribution >= 4 is 22.8 Å². The molecule has 2 aliphatic rings. The van der Waals surface area contributed by atoms with Crippen molar-refractivity contribution in [2.45, 2.75) is 24.5 Å². The second-order valence-corrected chi connectivity index (χ2v) is 7.45. The number of nitrogens with zero attached hydrogens (tertiary/aromatic N) is 6. The topological polar surface area (TPSA) is 101 Å². The molecule has 3 atom stereocenters. The summed E-state index contributed by atoms with van der Waals surface area (Å²) in [5.74, 6) is 1.91. The van der Waals surface area contributed by atoms with Crippen LogP contribution < -0.4 is 10.3 Å². The van der Waals surface area contributed by atoms with Crippen molar-refractivity contribution in [1.82, 2.24) is 29.2 Å². The Morgan fingerprint density at radius 2 is 2.07 bits per heavy atom. The zero-order valence-electron chi connectivity index (χ0n) is 14.6. The Hall–Kier alpha value is -3.20. The van der Waals surface area contributed by atoms with Gasteiger partial charge in [0, 0.05) is 18.5 Å². The van der Waals surface area contributed by atoms with Crippen LogP contribution >= 0.6 is 11.6 Å². The van der Waals surface area contributed by atoms with Gasteiger partial charge in [0.2, 0.25) is 5.89 Å². The zero-order chi connectivity index (χ0) is 19.0. The number of hydrogen-bond donors (Lipinski definition) is 0. The number of fused-ring (bicyclic) bond motifs is 4. The maximum Gasteiger partial charge on any atom is 0.280 e. The molecule has 4 aromatic rings. The number of ether oxygens (including phenoxy) is 1. The molecule has 0 bridgehead atoms. The Morgan fingerprint density at radius 3 is 2.96 bits per heavy atom. The summed E-state index contributed by atoms with van der Waals surface area (Å²) in [5.41, 5.74) is 1.71. The third-order valence-electron chi connectivity index (χ3n) is 5.35. The van der Waals surface area contributed by atoms with Crippen LogP contribution in [0.4, 0.5) is 0 Å². The number of halogens is 1. The molecule has 0 amide bonds. The Balaban J connectivity index is 1.28. The van der Waals surface area contributed by atoms with Crippen molar-refractivity contribution in [3.8, 4) is 5.75 Å². The highest BCUT2D eigenvalue weighted by molar-refractivity contribution is 6.32. The van der Waals surface area contributed by atoms with Crippen molar-refractivity contribution in [3.63, 3.8) is 0 Å². The van der Waals surface area contributed by atoms with Gasteiger partial charge >= 0.3 is 0 Å². The van der Waals surface area contributed by atoms with E-state index in [1.54, 1.807) is 17.9 Å². The summed E-state index contributed by atoms with van der Waals surface area (Å²) in [6.07, 6.45) is 2.98. The predicted octanol–water partition coefficient (Wildman–Crippen LogP) is 1.86. The minimum atomic E-state index is -0.208. The average molecular weight is 397 g/mol. The predicted molar refractivity (Wildman–Crippen MR) is 97.5 cm³/mol. The number of benzene rings is 1. The van der Waals surface area contributed by atoms with Crippen molar-refractivity contribution in [3.05, 3.63) is 63.5 Å². The van der Waals surface area contributed by atoms with Gasteiger partial charge < -0.3 is 13.8 Å². The lowest BCUT2D eigenvalue weighted by atomic mass is 10.1. The molecule has 0 saturated heterocycles. The van der Waals surface area contributed by atoms with Gasteiger partial charge in [-0.1, -0.05) is 28.9 Å². The largest absolute Gasteiger partial charge is 0.487 e. The second kappa shape index (κ2) is 5.41. The van der Waals surface area contributed by atoms with E-state index in [-0.39, 0.29) is 30.0 Å². The maximum atomic E-state index is 12.6. The van der Waals surface area contributed by atoms with Crippen molar-refractivity contribution in [2.24, 2.45) is 7.05 Å². The normalized spacial score (nSPS) is 22.1. The van der Waals surface area contributed by atoms with Crippen molar-refractivity contribution in [2.75, 3.05) is 0 Å². The number of rotatable bonds is 3. The number of aromatic nitrogens is 6. The molecular weight excluding hydrogens is 384 g/mol. The van der Waals surface area contributed by atoms with Gasteiger partial charge in [-0.25, -0.2) is 9.97 Å². The third-order valence-corrected chi connectivity index (χ3v) is 5.65. The van der Waals surface area contributed by atoms with E-state index in [0.29, 0.717) is 27.9 Å². The highest BCUT2D eigenvalue weighted by Crippen LogP contribution is 2.63. The van der Waals surface area contributed by atoms with Crippen LogP contribution in [-0.2, 0) is 13.6 Å². The summed E-state index contributed by atoms with van der Waals surface area (Å²) in [5, 5.41) is 4.72. The lowest BCUT2D eigenvalue weighted by molar-refractivity contribution is 0.306. The Kier molecular flexibility index (Phi) is 3.06. The van der Waals surface area contributed by atoms with E-state index in [1.807, 2.05) is 18.2 Å². The molecule has 0 radical (unpaired) electrons. The minimum Gasteiger partial charge on any atom is -0.487 e. The average Bonchev–Trinajstić information content (AvgIpc) is 3.04. The van der Waals surface area contributed by atoms with Crippen LogP contribution in [0.15, 0.2) is 40.2 Å². The Bertz CT molecular complexity index is 1310. The number of para-hydroxylation sites is 1. The molecular formula is C18H13ClN6O3. The lowest BCUT2D eigenvalue weighted by Gasteiger charge is -2.07. The van der Waals surface area contributed by atoms with Crippen LogP contribution in [0.1, 0.15) is 29.1 Å². The fourth-order valence-corrected chi connectivity index (χ4v) is 4.18. The van der Waals surface area contributed by atoms with E-state index in [2.05, 4.69) is 20.1 Å². The van der Waals surface area contributed by atoms with E-state index in [0.717, 1.165) is 11.3 Å². The molecule has 4 heterocycles. The standard InChI is InChI=1S/C18H13ClN6O3/c1-24-6-20-17-13(24)18(26)25(7-21-17)5-10-22-16(23-28-10)12-11-8-3-2-4-9(19)14(8)27-15(11)12/h2-4,6-7,11-12,15H,5H2,1H3/t11-,12-,15-/m0/s1. The number of aryl methyl sites for hydroxylation is 1. The van der Waals surface area contributed by atoms with Crippen LogP contribution in [0.2, 0.25) is 5.02 Å². The van der Waals surface area contributed by atoms with Gasteiger partial charge in [0.05, 0.1) is 17.3 Å². The summed E-state index contributed by atoms with van der Waals surface area (Å²) >= 11 is 6.18. The van der Waals surface area contributed by atoms with E-state index in [4.69, 9.17) is 20.9 Å². The van der Waals surface area contributed by atoms with Crippen LogP contribution in [0.25, 0.3) is 11.2 Å². The smallest absolute Gasteiger partial charge is 0.280 e. The molecule has 9 nitrogen and oxygen atoms in total. The van der Waals surface area contributed by atoms with Crippen molar-refractivity contribution in [1.29, 1.82) is 0 Å². The molecule has 1 fully saturated rings.